The van der Waals surface area contributed by atoms with E-state index < -0.39 is 32.8 Å². The van der Waals surface area contributed by atoms with Crippen LogP contribution in [0.5, 0.6) is 0 Å². The van der Waals surface area contributed by atoms with E-state index in [-0.39, 0.29) is 25.9 Å². The van der Waals surface area contributed by atoms with Gasteiger partial charge in [0.05, 0.1) is 0 Å². The van der Waals surface area contributed by atoms with E-state index >= 15 is 0 Å². The van der Waals surface area contributed by atoms with Crippen molar-refractivity contribution in [1.82, 2.24) is 5.32 Å². The van der Waals surface area contributed by atoms with Crippen molar-refractivity contribution in [3.8, 4) is 0 Å². The largest absolute Gasteiger partial charge is 0.523 e. The van der Waals surface area contributed by atoms with Crippen molar-refractivity contribution in [2.75, 3.05) is 13.1 Å². The van der Waals surface area contributed by atoms with Crippen molar-refractivity contribution >= 4 is 16.1 Å². The molecule has 10 heteroatoms. The first kappa shape index (κ1) is 18.2. The lowest BCUT2D eigenvalue weighted by Crippen LogP contribution is -2.54. The topological polar surface area (TPSA) is 81.7 Å². The average molecular weight is 333 g/mol. The summed E-state index contributed by atoms with van der Waals surface area (Å²) in [6, 6.07) is 0. The number of hydrogen-bond acceptors (Lipinski definition) is 6. The molecular formula is C11H18F3NO5S. The molecule has 0 amide bonds. The standard InChI is InChI=1S/C11H18F3NO5S/c1-9(2,3)19-8(16)10(4-6-15-7-5-10)20-21(17,18)11(12,13)14/h15H,4-7H2,1-3H3. The summed E-state index contributed by atoms with van der Waals surface area (Å²) in [5.41, 5.74) is -8.71. The van der Waals surface area contributed by atoms with E-state index in [1.54, 1.807) is 0 Å². The Labute approximate surface area is 121 Å². The summed E-state index contributed by atoms with van der Waals surface area (Å²) in [5, 5.41) is 2.82. The van der Waals surface area contributed by atoms with Gasteiger partial charge in [0.1, 0.15) is 5.60 Å². The second-order valence-corrected chi connectivity index (χ2v) is 7.27. The Morgan fingerprint density at radius 3 is 2.00 bits per heavy atom. The molecule has 1 heterocycles. The summed E-state index contributed by atoms with van der Waals surface area (Å²) >= 11 is 0. The van der Waals surface area contributed by atoms with Gasteiger partial charge in [0, 0.05) is 12.8 Å². The van der Waals surface area contributed by atoms with E-state index in [0.717, 1.165) is 0 Å². The number of ether oxygens (including phenoxy) is 1. The average Bonchev–Trinajstić information content (AvgIpc) is 2.25. The summed E-state index contributed by atoms with van der Waals surface area (Å²) < 4.78 is 69.2. The van der Waals surface area contributed by atoms with Crippen molar-refractivity contribution < 1.29 is 35.3 Å². The SMILES string of the molecule is CC(C)(C)OC(=O)C1(OS(=O)(=O)C(F)(F)F)CCNCC1. The number of hydrogen-bond donors (Lipinski definition) is 1. The number of alkyl halides is 3. The predicted molar refractivity (Wildman–Crippen MR) is 66.7 cm³/mol. The Morgan fingerprint density at radius 2 is 1.62 bits per heavy atom. The van der Waals surface area contributed by atoms with Crippen LogP contribution in [-0.4, -0.2) is 44.2 Å². The molecule has 0 aromatic rings. The molecule has 0 spiro atoms. The van der Waals surface area contributed by atoms with E-state index in [2.05, 4.69) is 9.50 Å². The highest BCUT2D eigenvalue weighted by molar-refractivity contribution is 7.87. The molecule has 1 aliphatic rings. The second-order valence-electron chi connectivity index (χ2n) is 5.73. The maximum atomic E-state index is 12.5. The van der Waals surface area contributed by atoms with Gasteiger partial charge in [-0.25, -0.2) is 8.98 Å². The number of halogens is 3. The lowest BCUT2D eigenvalue weighted by Gasteiger charge is -2.36. The molecule has 0 bridgehead atoms. The van der Waals surface area contributed by atoms with Crippen molar-refractivity contribution in [3.63, 3.8) is 0 Å². The number of esters is 1. The van der Waals surface area contributed by atoms with Gasteiger partial charge in [-0.1, -0.05) is 0 Å². The van der Waals surface area contributed by atoms with Crippen molar-refractivity contribution in [3.05, 3.63) is 0 Å². The molecule has 0 aromatic carbocycles. The molecule has 21 heavy (non-hydrogen) atoms. The first-order valence-electron chi connectivity index (χ1n) is 6.25. The van der Waals surface area contributed by atoms with Gasteiger partial charge in [0.15, 0.2) is 5.60 Å². The molecule has 0 saturated carbocycles. The highest BCUT2D eigenvalue weighted by Gasteiger charge is 2.56. The quantitative estimate of drug-likeness (QED) is 0.476. The van der Waals surface area contributed by atoms with Gasteiger partial charge in [-0.2, -0.15) is 21.6 Å². The number of piperidine rings is 1. The molecule has 6 nitrogen and oxygen atoms in total. The number of carbonyl (C=O) groups is 1. The van der Waals surface area contributed by atoms with Crippen LogP contribution in [0.4, 0.5) is 13.2 Å². The zero-order chi connectivity index (χ0) is 16.5. The first-order chi connectivity index (χ1) is 9.29. The first-order valence-corrected chi connectivity index (χ1v) is 7.66. The zero-order valence-corrected chi connectivity index (χ0v) is 12.7. The second kappa shape index (κ2) is 5.73. The van der Waals surface area contributed by atoms with E-state index in [0.29, 0.717) is 0 Å². The number of nitrogens with one attached hydrogen (secondary N) is 1. The van der Waals surface area contributed by atoms with E-state index in [4.69, 9.17) is 4.74 Å². The fraction of sp³-hybridized carbons (Fsp3) is 0.909. The highest BCUT2D eigenvalue weighted by Crippen LogP contribution is 2.34. The van der Waals surface area contributed by atoms with Crippen LogP contribution in [0.15, 0.2) is 0 Å². The molecule has 1 aliphatic heterocycles. The molecular weight excluding hydrogens is 315 g/mol. The van der Waals surface area contributed by atoms with Crippen LogP contribution in [-0.2, 0) is 23.8 Å². The summed E-state index contributed by atoms with van der Waals surface area (Å²) in [4.78, 5) is 12.1. The van der Waals surface area contributed by atoms with Gasteiger partial charge < -0.3 is 10.1 Å². The normalized spacial score (nSPS) is 20.1. The molecule has 0 radical (unpaired) electrons. The van der Waals surface area contributed by atoms with E-state index in [1.807, 2.05) is 0 Å². The minimum atomic E-state index is -5.89. The Hall–Kier alpha value is -0.870. The zero-order valence-electron chi connectivity index (χ0n) is 11.9. The smallest absolute Gasteiger partial charge is 0.458 e. The van der Waals surface area contributed by atoms with Crippen LogP contribution in [0.2, 0.25) is 0 Å². The van der Waals surface area contributed by atoms with Gasteiger partial charge in [-0.3, -0.25) is 0 Å². The van der Waals surface area contributed by atoms with Gasteiger partial charge >= 0.3 is 21.6 Å². The fourth-order valence-electron chi connectivity index (χ4n) is 1.78. The molecule has 1 N–H and O–H groups in total. The molecule has 124 valence electrons. The maximum absolute atomic E-state index is 12.5. The minimum absolute atomic E-state index is 0.145. The Morgan fingerprint density at radius 1 is 1.14 bits per heavy atom. The molecule has 1 rings (SSSR count). The van der Waals surface area contributed by atoms with Gasteiger partial charge in [-0.05, 0) is 33.9 Å². The van der Waals surface area contributed by atoms with E-state index in [1.165, 1.54) is 20.8 Å². The fourth-order valence-corrected chi connectivity index (χ4v) is 2.53. The van der Waals surface area contributed by atoms with Crippen LogP contribution in [0, 0.1) is 0 Å². The summed E-state index contributed by atoms with van der Waals surface area (Å²) in [6.07, 6.45) is -0.450. The summed E-state index contributed by atoms with van der Waals surface area (Å²) in [5.74, 6) is -1.11. The Balaban J connectivity index is 3.08. The third kappa shape index (κ3) is 4.55. The van der Waals surface area contributed by atoms with Crippen LogP contribution in [0.1, 0.15) is 33.6 Å². The molecule has 0 unspecified atom stereocenters. The molecule has 0 aromatic heterocycles. The minimum Gasteiger partial charge on any atom is -0.458 e. The van der Waals surface area contributed by atoms with Gasteiger partial charge in [-0.15, -0.1) is 0 Å². The Kier molecular flexibility index (Phi) is 4.96. The Bertz CT molecular complexity index is 489. The van der Waals surface area contributed by atoms with Crippen molar-refractivity contribution in [2.24, 2.45) is 0 Å². The predicted octanol–water partition coefficient (Wildman–Crippen LogP) is 1.32. The number of carbonyl (C=O) groups excluding carboxylic acids is 1. The van der Waals surface area contributed by atoms with Crippen molar-refractivity contribution in [1.29, 1.82) is 0 Å². The van der Waals surface area contributed by atoms with Crippen LogP contribution in [0.3, 0.4) is 0 Å². The molecule has 0 atom stereocenters. The van der Waals surface area contributed by atoms with Crippen LogP contribution >= 0.6 is 0 Å². The lowest BCUT2D eigenvalue weighted by molar-refractivity contribution is -0.177. The number of rotatable bonds is 3. The molecule has 1 fully saturated rings. The van der Waals surface area contributed by atoms with Gasteiger partial charge in [0.25, 0.3) is 0 Å². The third-order valence-electron chi connectivity index (χ3n) is 2.73. The van der Waals surface area contributed by atoms with Crippen LogP contribution in [0.25, 0.3) is 0 Å². The van der Waals surface area contributed by atoms with Crippen LogP contribution < -0.4 is 5.32 Å². The summed E-state index contributed by atoms with van der Waals surface area (Å²) in [7, 11) is -5.89. The lowest BCUT2D eigenvalue weighted by atomic mass is 9.92. The molecule has 0 aliphatic carbocycles. The molecule has 1 saturated heterocycles. The van der Waals surface area contributed by atoms with Gasteiger partial charge in [0.2, 0.25) is 0 Å². The monoisotopic (exact) mass is 333 g/mol. The van der Waals surface area contributed by atoms with E-state index in [9.17, 15) is 26.4 Å². The highest BCUT2D eigenvalue weighted by atomic mass is 32.2. The summed E-state index contributed by atoms with van der Waals surface area (Å²) in [6.45, 7) is 4.87. The van der Waals surface area contributed by atoms with Crippen molar-refractivity contribution in [2.45, 2.75) is 50.3 Å². The maximum Gasteiger partial charge on any atom is 0.523 e. The third-order valence-corrected chi connectivity index (χ3v) is 3.84.